The van der Waals surface area contributed by atoms with E-state index in [1.807, 2.05) is 50.2 Å². The van der Waals surface area contributed by atoms with Crippen molar-refractivity contribution in [3.63, 3.8) is 0 Å². The zero-order valence-corrected chi connectivity index (χ0v) is 19.7. The predicted octanol–water partition coefficient (Wildman–Crippen LogP) is 5.70. The maximum atomic E-state index is 12.9. The second-order valence-corrected chi connectivity index (χ2v) is 8.85. The maximum absolute atomic E-state index is 12.9. The molecule has 0 bridgehead atoms. The number of nitrogens with zero attached hydrogens (tertiary/aromatic N) is 1. The summed E-state index contributed by atoms with van der Waals surface area (Å²) in [6.07, 6.45) is 0.607. The third kappa shape index (κ3) is 5.38. The van der Waals surface area contributed by atoms with Crippen LogP contribution < -0.4 is 4.74 Å². The quantitative estimate of drug-likeness (QED) is 0.343. The summed E-state index contributed by atoms with van der Waals surface area (Å²) in [5, 5.41) is 9.64. The van der Waals surface area contributed by atoms with Gasteiger partial charge in [0.05, 0.1) is 17.0 Å². The monoisotopic (exact) mass is 497 g/mol. The molecule has 0 amide bonds. The van der Waals surface area contributed by atoms with E-state index in [4.69, 9.17) is 14.2 Å². The van der Waals surface area contributed by atoms with Crippen LogP contribution in [-0.2, 0) is 19.1 Å². The first kappa shape index (κ1) is 23.6. The average molecular weight is 498 g/mol. The van der Waals surface area contributed by atoms with Crippen molar-refractivity contribution < 1.29 is 23.8 Å². The Kier molecular flexibility index (Phi) is 7.37. The van der Waals surface area contributed by atoms with E-state index in [0.717, 1.165) is 0 Å². The molecule has 2 aromatic rings. The Morgan fingerprint density at radius 3 is 2.50 bits per heavy atom. The van der Waals surface area contributed by atoms with Gasteiger partial charge in [0.1, 0.15) is 17.6 Å². The summed E-state index contributed by atoms with van der Waals surface area (Å²) < 4.78 is 16.6. The van der Waals surface area contributed by atoms with E-state index in [1.165, 1.54) is 0 Å². The van der Waals surface area contributed by atoms with Gasteiger partial charge in [0, 0.05) is 5.56 Å². The summed E-state index contributed by atoms with van der Waals surface area (Å²) in [6, 6.07) is 18.2. The van der Waals surface area contributed by atoms with Crippen LogP contribution in [0.3, 0.4) is 0 Å². The highest BCUT2D eigenvalue weighted by Crippen LogP contribution is 2.60. The van der Waals surface area contributed by atoms with Gasteiger partial charge in [-0.2, -0.15) is 5.26 Å². The van der Waals surface area contributed by atoms with Crippen LogP contribution in [0.4, 0.5) is 0 Å². The molecule has 0 heterocycles. The zero-order valence-electron chi connectivity index (χ0n) is 18.1. The van der Waals surface area contributed by atoms with E-state index < -0.39 is 29.4 Å². The van der Waals surface area contributed by atoms with Crippen molar-refractivity contribution in [2.75, 3.05) is 6.61 Å². The number of nitriles is 1. The van der Waals surface area contributed by atoms with Gasteiger partial charge in [-0.25, -0.2) is 4.79 Å². The number of rotatable bonds is 8. The highest BCUT2D eigenvalue weighted by atomic mass is 79.9. The second kappa shape index (κ2) is 10.0. The molecule has 166 valence electrons. The molecule has 32 heavy (non-hydrogen) atoms. The normalized spacial score (nSPS) is 19.9. The molecule has 3 rings (SSSR count). The maximum Gasteiger partial charge on any atom is 0.344 e. The van der Waals surface area contributed by atoms with Gasteiger partial charge in [-0.3, -0.25) is 4.79 Å². The van der Waals surface area contributed by atoms with Crippen LogP contribution in [0.15, 0.2) is 65.2 Å². The van der Waals surface area contributed by atoms with E-state index in [1.54, 1.807) is 37.3 Å². The number of allylic oxidation sites excluding steroid dienone is 1. The molecule has 0 aliphatic heterocycles. The molecule has 3 atom stereocenters. The van der Waals surface area contributed by atoms with Gasteiger partial charge in [-0.05, 0) is 58.5 Å². The number of para-hydroxylation sites is 1. The molecule has 0 unspecified atom stereocenters. The first-order valence-corrected chi connectivity index (χ1v) is 11.0. The van der Waals surface area contributed by atoms with Crippen LogP contribution in [-0.4, -0.2) is 18.5 Å². The van der Waals surface area contributed by atoms with Gasteiger partial charge in [0.2, 0.25) is 6.10 Å². The van der Waals surface area contributed by atoms with Crippen molar-refractivity contribution in [1.29, 1.82) is 5.26 Å². The van der Waals surface area contributed by atoms with Crippen molar-refractivity contribution in [2.24, 2.45) is 17.3 Å². The lowest BCUT2D eigenvalue weighted by Gasteiger charge is -2.13. The first-order valence-electron chi connectivity index (χ1n) is 10.2. The van der Waals surface area contributed by atoms with Crippen LogP contribution in [0, 0.1) is 28.6 Å². The second-order valence-electron chi connectivity index (χ2n) is 7.99. The van der Waals surface area contributed by atoms with Crippen molar-refractivity contribution in [3.8, 4) is 17.6 Å². The topological polar surface area (TPSA) is 85.6 Å². The van der Waals surface area contributed by atoms with Crippen molar-refractivity contribution in [3.05, 3.63) is 70.7 Å². The van der Waals surface area contributed by atoms with Crippen molar-refractivity contribution in [2.45, 2.75) is 26.9 Å². The van der Waals surface area contributed by atoms with Gasteiger partial charge in [-0.15, -0.1) is 0 Å². The highest BCUT2D eigenvalue weighted by Gasteiger charge is 2.62. The lowest BCUT2D eigenvalue weighted by Crippen LogP contribution is -2.14. The first-order chi connectivity index (χ1) is 15.3. The number of carbonyl (C=O) groups excluding carboxylic acids is 2. The number of ether oxygens (including phenoxy) is 3. The Labute approximate surface area is 195 Å². The molecule has 1 aliphatic rings. The Morgan fingerprint density at radius 1 is 1.16 bits per heavy atom. The molecule has 1 aliphatic carbocycles. The molecule has 0 aromatic heterocycles. The van der Waals surface area contributed by atoms with E-state index in [2.05, 4.69) is 15.9 Å². The van der Waals surface area contributed by atoms with Gasteiger partial charge in [-0.1, -0.05) is 50.3 Å². The fraction of sp³-hybridized carbons (Fsp3) is 0.320. The van der Waals surface area contributed by atoms with E-state index in [9.17, 15) is 14.9 Å². The minimum atomic E-state index is -1.07. The zero-order chi connectivity index (χ0) is 23.3. The highest BCUT2D eigenvalue weighted by molar-refractivity contribution is 9.12. The Morgan fingerprint density at radius 2 is 1.84 bits per heavy atom. The van der Waals surface area contributed by atoms with Crippen molar-refractivity contribution in [1.82, 2.24) is 0 Å². The van der Waals surface area contributed by atoms with Gasteiger partial charge in [0.15, 0.2) is 0 Å². The third-order valence-electron chi connectivity index (χ3n) is 5.45. The predicted molar refractivity (Wildman–Crippen MR) is 122 cm³/mol. The molecule has 1 saturated carbocycles. The SMILES string of the molecule is CCOC(=O)/C(Br)=C/[C@@H]1[C@@H](C(=O)O[C@H](C#N)c2cccc(Oc3ccccc3)c2)C1(C)C. The summed E-state index contributed by atoms with van der Waals surface area (Å²) in [6.45, 7) is 5.82. The molecule has 6 nitrogen and oxygen atoms in total. The number of halogens is 1. The van der Waals surface area contributed by atoms with Crippen LogP contribution in [0.25, 0.3) is 0 Å². The van der Waals surface area contributed by atoms with Crippen molar-refractivity contribution >= 4 is 27.9 Å². The molecule has 7 heteroatoms. The average Bonchev–Trinajstić information content (AvgIpc) is 3.32. The fourth-order valence-corrected chi connectivity index (χ4v) is 3.99. The molecule has 0 saturated heterocycles. The van der Waals surface area contributed by atoms with Gasteiger partial charge >= 0.3 is 11.9 Å². The number of carbonyl (C=O) groups is 2. The lowest BCUT2D eigenvalue weighted by molar-refractivity contribution is -0.149. The number of benzene rings is 2. The molecule has 1 fully saturated rings. The fourth-order valence-electron chi connectivity index (χ4n) is 3.59. The molecular formula is C25H24BrNO5. The lowest BCUT2D eigenvalue weighted by atomic mass is 10.1. The smallest absolute Gasteiger partial charge is 0.344 e. The number of hydrogen-bond donors (Lipinski definition) is 0. The van der Waals surface area contributed by atoms with Gasteiger partial charge in [0.25, 0.3) is 0 Å². The van der Waals surface area contributed by atoms with Crippen LogP contribution in [0.2, 0.25) is 0 Å². The molecular weight excluding hydrogens is 474 g/mol. The largest absolute Gasteiger partial charge is 0.462 e. The Bertz CT molecular complexity index is 1060. The van der Waals surface area contributed by atoms with E-state index >= 15 is 0 Å². The Balaban J connectivity index is 1.70. The minimum absolute atomic E-state index is 0.208. The van der Waals surface area contributed by atoms with Crippen LogP contribution >= 0.6 is 15.9 Å². The van der Waals surface area contributed by atoms with Gasteiger partial charge < -0.3 is 14.2 Å². The van der Waals surface area contributed by atoms with Crippen LogP contribution in [0.1, 0.15) is 32.4 Å². The summed E-state index contributed by atoms with van der Waals surface area (Å²) >= 11 is 3.22. The van der Waals surface area contributed by atoms with E-state index in [-0.39, 0.29) is 17.0 Å². The summed E-state index contributed by atoms with van der Waals surface area (Å²) in [4.78, 5) is 24.7. The van der Waals surface area contributed by atoms with E-state index in [0.29, 0.717) is 17.1 Å². The number of esters is 2. The summed E-state index contributed by atoms with van der Waals surface area (Å²) in [5.41, 5.74) is 0.119. The minimum Gasteiger partial charge on any atom is -0.462 e. The molecule has 0 spiro atoms. The number of hydrogen-bond acceptors (Lipinski definition) is 6. The molecule has 2 aromatic carbocycles. The molecule has 0 N–H and O–H groups in total. The summed E-state index contributed by atoms with van der Waals surface area (Å²) in [5.74, 6) is -0.439. The third-order valence-corrected chi connectivity index (χ3v) is 6.04. The standard InChI is InChI=1S/C25H24BrNO5/c1-4-30-23(28)20(26)14-19-22(25(19,2)3)24(29)32-21(15-27)16-9-8-12-18(13-16)31-17-10-6-5-7-11-17/h5-14,19,21-22H,4H2,1-3H3/b20-14-/t19-,21-,22+/m1/s1. The Hall–Kier alpha value is -3.11. The summed E-state index contributed by atoms with van der Waals surface area (Å²) in [7, 11) is 0. The van der Waals surface area contributed by atoms with Crippen LogP contribution in [0.5, 0.6) is 11.5 Å². The molecule has 0 radical (unpaired) electrons.